The number of alkyl halides is 3. The van der Waals surface area contributed by atoms with Gasteiger partial charge in [-0.05, 0) is 54.8 Å². The van der Waals surface area contributed by atoms with Crippen LogP contribution in [0.25, 0.3) is 0 Å². The Bertz CT molecular complexity index is 992. The van der Waals surface area contributed by atoms with Crippen molar-refractivity contribution in [3.05, 3.63) is 65.0 Å². The predicted molar refractivity (Wildman–Crippen MR) is 121 cm³/mol. The van der Waals surface area contributed by atoms with Crippen LogP contribution in [-0.2, 0) is 28.8 Å². The summed E-state index contributed by atoms with van der Waals surface area (Å²) in [5.41, 5.74) is 0.653. The van der Waals surface area contributed by atoms with Gasteiger partial charge in [0.1, 0.15) is 5.82 Å². The Labute approximate surface area is 196 Å². The first-order valence-corrected chi connectivity index (χ1v) is 11.6. The number of ether oxygens (including phenoxy) is 1. The van der Waals surface area contributed by atoms with Crippen LogP contribution in [0, 0.1) is 11.7 Å². The van der Waals surface area contributed by atoms with Crippen LogP contribution < -0.4 is 10.2 Å². The van der Waals surface area contributed by atoms with Gasteiger partial charge in [0.25, 0.3) is 0 Å². The molecular weight excluding hydrogens is 450 g/mol. The molecule has 2 saturated heterocycles. The summed E-state index contributed by atoms with van der Waals surface area (Å²) < 4.78 is 60.1. The summed E-state index contributed by atoms with van der Waals surface area (Å²) in [5.74, 6) is -0.873. The molecule has 4 rings (SSSR count). The zero-order chi connectivity index (χ0) is 24.1. The van der Waals surface area contributed by atoms with Gasteiger partial charge in [0.05, 0.1) is 24.7 Å². The lowest BCUT2D eigenvalue weighted by molar-refractivity contribution is -0.138. The molecule has 0 radical (unpaired) electrons. The zero-order valence-corrected chi connectivity index (χ0v) is 18.9. The second-order valence-corrected chi connectivity index (χ2v) is 8.86. The molecule has 0 aliphatic carbocycles. The number of nitrogens with zero attached hydrogens (tertiary/aromatic N) is 2. The molecule has 0 spiro atoms. The molecule has 1 atom stereocenters. The Hall–Kier alpha value is -2.65. The van der Waals surface area contributed by atoms with E-state index in [4.69, 9.17) is 4.74 Å². The van der Waals surface area contributed by atoms with E-state index in [0.717, 1.165) is 24.6 Å². The van der Waals surface area contributed by atoms with Crippen LogP contribution in [0.2, 0.25) is 0 Å². The van der Waals surface area contributed by atoms with Crippen molar-refractivity contribution in [3.63, 3.8) is 0 Å². The fourth-order valence-corrected chi connectivity index (χ4v) is 4.63. The average molecular weight is 480 g/mol. The predicted octanol–water partition coefficient (Wildman–Crippen LogP) is 4.21. The summed E-state index contributed by atoms with van der Waals surface area (Å²) in [7, 11) is 0. The standard InChI is InChI=1S/C25H29F4N3O2/c26-21-5-1-3-18(13-21)16-31-8-2-4-20(17-31)24(33)30-15-19-6-7-22(14-23(19)25(27,28)29)32-9-11-34-12-10-32/h1,3,5-7,13-14,20H,2,4,8-12,15-17H2,(H,30,33). The van der Waals surface area contributed by atoms with Gasteiger partial charge < -0.3 is 15.0 Å². The molecule has 2 aromatic carbocycles. The minimum Gasteiger partial charge on any atom is -0.378 e. The van der Waals surface area contributed by atoms with Crippen molar-refractivity contribution < 1.29 is 27.1 Å². The highest BCUT2D eigenvalue weighted by molar-refractivity contribution is 5.79. The zero-order valence-electron chi connectivity index (χ0n) is 18.9. The fraction of sp³-hybridized carbons (Fsp3) is 0.480. The second-order valence-electron chi connectivity index (χ2n) is 8.86. The van der Waals surface area contributed by atoms with E-state index >= 15 is 0 Å². The smallest absolute Gasteiger partial charge is 0.378 e. The highest BCUT2D eigenvalue weighted by atomic mass is 19.4. The van der Waals surface area contributed by atoms with Gasteiger partial charge >= 0.3 is 6.18 Å². The van der Waals surface area contributed by atoms with Gasteiger partial charge in [0, 0.05) is 38.4 Å². The molecule has 0 aromatic heterocycles. The van der Waals surface area contributed by atoms with Crippen molar-refractivity contribution in [1.29, 1.82) is 0 Å². The highest BCUT2D eigenvalue weighted by Crippen LogP contribution is 2.35. The number of hydrogen-bond donors (Lipinski definition) is 1. The van der Waals surface area contributed by atoms with E-state index in [9.17, 15) is 22.4 Å². The number of carbonyl (C=O) groups excluding carboxylic acids is 1. The quantitative estimate of drug-likeness (QED) is 0.631. The largest absolute Gasteiger partial charge is 0.416 e. The Morgan fingerprint density at radius 2 is 1.88 bits per heavy atom. The summed E-state index contributed by atoms with van der Waals surface area (Å²) in [6.07, 6.45) is -3.04. The number of nitrogens with one attached hydrogen (secondary N) is 1. The monoisotopic (exact) mass is 479 g/mol. The number of halogens is 4. The number of rotatable bonds is 6. The van der Waals surface area contributed by atoms with Crippen LogP contribution in [0.3, 0.4) is 0 Å². The van der Waals surface area contributed by atoms with E-state index in [1.54, 1.807) is 12.1 Å². The number of anilines is 1. The van der Waals surface area contributed by atoms with Crippen molar-refractivity contribution >= 4 is 11.6 Å². The van der Waals surface area contributed by atoms with Crippen LogP contribution in [0.5, 0.6) is 0 Å². The van der Waals surface area contributed by atoms with E-state index < -0.39 is 11.7 Å². The third-order valence-corrected chi connectivity index (χ3v) is 6.40. The lowest BCUT2D eigenvalue weighted by Crippen LogP contribution is -2.42. The van der Waals surface area contributed by atoms with Crippen LogP contribution >= 0.6 is 0 Å². The maximum Gasteiger partial charge on any atom is 0.416 e. The van der Waals surface area contributed by atoms with Crippen LogP contribution in [0.1, 0.15) is 29.5 Å². The molecular formula is C25H29F4N3O2. The minimum atomic E-state index is -4.52. The van der Waals surface area contributed by atoms with Crippen molar-refractivity contribution in [2.24, 2.45) is 5.92 Å². The molecule has 9 heteroatoms. The normalized spacial score (nSPS) is 19.8. The van der Waals surface area contributed by atoms with Gasteiger partial charge in [0.2, 0.25) is 5.91 Å². The van der Waals surface area contributed by atoms with Crippen LogP contribution in [0.4, 0.5) is 23.2 Å². The maximum absolute atomic E-state index is 13.8. The molecule has 2 aromatic rings. The topological polar surface area (TPSA) is 44.8 Å². The molecule has 1 N–H and O–H groups in total. The van der Waals surface area contributed by atoms with Crippen LogP contribution in [0.15, 0.2) is 42.5 Å². The van der Waals surface area contributed by atoms with E-state index in [-0.39, 0.29) is 29.8 Å². The Kier molecular flexibility index (Phi) is 7.73. The van der Waals surface area contributed by atoms with Gasteiger partial charge in [0.15, 0.2) is 0 Å². The average Bonchev–Trinajstić information content (AvgIpc) is 2.82. The van der Waals surface area contributed by atoms with E-state index in [1.807, 2.05) is 11.0 Å². The van der Waals surface area contributed by atoms with E-state index in [2.05, 4.69) is 10.2 Å². The fourth-order valence-electron chi connectivity index (χ4n) is 4.63. The number of piperidine rings is 1. The van der Waals surface area contributed by atoms with Crippen molar-refractivity contribution in [3.8, 4) is 0 Å². The first kappa shape index (κ1) is 24.5. The minimum absolute atomic E-state index is 0.0466. The number of hydrogen-bond acceptors (Lipinski definition) is 4. The summed E-state index contributed by atoms with van der Waals surface area (Å²) in [5, 5.41) is 2.71. The summed E-state index contributed by atoms with van der Waals surface area (Å²) >= 11 is 0. The molecule has 5 nitrogen and oxygen atoms in total. The van der Waals surface area contributed by atoms with Gasteiger partial charge in [-0.25, -0.2) is 4.39 Å². The Morgan fingerprint density at radius 1 is 1.09 bits per heavy atom. The molecule has 1 amide bonds. The van der Waals surface area contributed by atoms with Crippen molar-refractivity contribution in [2.45, 2.75) is 32.1 Å². The lowest BCUT2D eigenvalue weighted by atomic mass is 9.96. The van der Waals surface area contributed by atoms with Crippen molar-refractivity contribution in [1.82, 2.24) is 10.2 Å². The lowest BCUT2D eigenvalue weighted by Gasteiger charge is -2.32. The Balaban J connectivity index is 1.38. The molecule has 2 aliphatic heterocycles. The Morgan fingerprint density at radius 3 is 2.62 bits per heavy atom. The van der Waals surface area contributed by atoms with Gasteiger partial charge in [-0.1, -0.05) is 18.2 Å². The molecule has 184 valence electrons. The first-order chi connectivity index (χ1) is 16.3. The third kappa shape index (κ3) is 6.27. The molecule has 2 heterocycles. The number of morpholine rings is 1. The number of carbonyl (C=O) groups is 1. The summed E-state index contributed by atoms with van der Waals surface area (Å²) in [6.45, 7) is 3.68. The second kappa shape index (κ2) is 10.7. The highest BCUT2D eigenvalue weighted by Gasteiger charge is 2.34. The number of amides is 1. The summed E-state index contributed by atoms with van der Waals surface area (Å²) in [6, 6.07) is 10.6. The molecule has 0 saturated carbocycles. The third-order valence-electron chi connectivity index (χ3n) is 6.40. The van der Waals surface area contributed by atoms with Gasteiger partial charge in [-0.2, -0.15) is 13.2 Å². The summed E-state index contributed by atoms with van der Waals surface area (Å²) in [4.78, 5) is 16.8. The van der Waals surface area contributed by atoms with Crippen molar-refractivity contribution in [2.75, 3.05) is 44.3 Å². The molecule has 34 heavy (non-hydrogen) atoms. The number of benzene rings is 2. The van der Waals surface area contributed by atoms with Gasteiger partial charge in [-0.3, -0.25) is 9.69 Å². The van der Waals surface area contributed by atoms with Gasteiger partial charge in [-0.15, -0.1) is 0 Å². The number of likely N-dealkylation sites (tertiary alicyclic amines) is 1. The van der Waals surface area contributed by atoms with E-state index in [0.29, 0.717) is 51.5 Å². The molecule has 2 fully saturated rings. The molecule has 0 bridgehead atoms. The SMILES string of the molecule is O=C(NCc1ccc(N2CCOCC2)cc1C(F)(F)F)C1CCCN(Cc2cccc(F)c2)C1. The van der Waals surface area contributed by atoms with E-state index in [1.165, 1.54) is 18.2 Å². The maximum atomic E-state index is 13.8. The first-order valence-electron chi connectivity index (χ1n) is 11.6. The molecule has 2 aliphatic rings. The molecule has 1 unspecified atom stereocenters. The van der Waals surface area contributed by atoms with Crippen LogP contribution in [-0.4, -0.2) is 50.2 Å².